The number of carbonyl (C=O) groups is 1. The number of hydrogen-bond acceptors (Lipinski definition) is 5. The molecule has 7 nitrogen and oxygen atoms in total. The quantitative estimate of drug-likeness (QED) is 0.237. The fourth-order valence-electron chi connectivity index (χ4n) is 3.79. The van der Waals surface area contributed by atoms with Crippen LogP contribution in [0.3, 0.4) is 0 Å². The lowest BCUT2D eigenvalue weighted by molar-refractivity contribution is -0.117. The molecule has 0 saturated carbocycles. The number of aromatic nitrogens is 2. The summed E-state index contributed by atoms with van der Waals surface area (Å²) >= 11 is 6.07. The summed E-state index contributed by atoms with van der Waals surface area (Å²) in [5.41, 5.74) is 3.89. The number of nitrogens with zero attached hydrogens (tertiary/aromatic N) is 3. The maximum Gasteiger partial charge on any atom is 0.261 e. The van der Waals surface area contributed by atoms with Crippen LogP contribution in [0.5, 0.6) is 11.5 Å². The molecule has 0 radical (unpaired) electrons. The molecule has 0 bridgehead atoms. The van der Waals surface area contributed by atoms with Crippen LogP contribution in [0.25, 0.3) is 23.0 Å². The van der Waals surface area contributed by atoms with Crippen LogP contribution in [0.1, 0.15) is 11.1 Å². The van der Waals surface area contributed by atoms with Crippen LogP contribution >= 0.6 is 11.6 Å². The summed E-state index contributed by atoms with van der Waals surface area (Å²) in [7, 11) is 3.15. The molecule has 0 unspecified atom stereocenters. The average molecular weight is 513 g/mol. The highest BCUT2D eigenvalue weighted by atomic mass is 35.5. The van der Waals surface area contributed by atoms with Crippen LogP contribution in [-0.2, 0) is 11.2 Å². The second-order valence-corrected chi connectivity index (χ2v) is 8.52. The van der Waals surface area contributed by atoms with Gasteiger partial charge in [0, 0.05) is 28.9 Å². The lowest BCUT2D eigenvalue weighted by Gasteiger charge is -2.10. The lowest BCUT2D eigenvalue weighted by atomic mass is 10.1. The average Bonchev–Trinajstić information content (AvgIpc) is 3.36. The number of benzene rings is 3. The monoisotopic (exact) mass is 512 g/mol. The maximum atomic E-state index is 12.9. The van der Waals surface area contributed by atoms with Gasteiger partial charge in [0.2, 0.25) is 0 Å². The molecule has 8 heteroatoms. The molecule has 0 saturated heterocycles. The predicted octanol–water partition coefficient (Wildman–Crippen LogP) is 5.48. The van der Waals surface area contributed by atoms with Gasteiger partial charge >= 0.3 is 0 Å². The SMILES string of the molecule is COc1ccc(CCNC(=O)/C(C#N)=C/c2cn(-c3ccccc3)nc2-c2ccc(Cl)cc2)cc1OC. The van der Waals surface area contributed by atoms with Crippen molar-refractivity contribution in [2.24, 2.45) is 0 Å². The zero-order valence-electron chi connectivity index (χ0n) is 20.4. The Kier molecular flexibility index (Phi) is 8.24. The van der Waals surface area contributed by atoms with E-state index in [9.17, 15) is 10.1 Å². The van der Waals surface area contributed by atoms with Crippen molar-refractivity contribution in [1.82, 2.24) is 15.1 Å². The van der Waals surface area contributed by atoms with Crippen molar-refractivity contribution in [2.75, 3.05) is 20.8 Å². The first-order chi connectivity index (χ1) is 18.0. The van der Waals surface area contributed by atoms with E-state index in [0.29, 0.717) is 40.7 Å². The van der Waals surface area contributed by atoms with Crippen LogP contribution in [0, 0.1) is 11.3 Å². The number of amides is 1. The van der Waals surface area contributed by atoms with Gasteiger partial charge in [0.05, 0.1) is 25.6 Å². The fraction of sp³-hybridized carbons (Fsp3) is 0.138. The molecule has 37 heavy (non-hydrogen) atoms. The summed E-state index contributed by atoms with van der Waals surface area (Å²) in [5.74, 6) is 0.795. The number of halogens is 1. The zero-order valence-corrected chi connectivity index (χ0v) is 21.2. The highest BCUT2D eigenvalue weighted by Gasteiger charge is 2.15. The first-order valence-electron chi connectivity index (χ1n) is 11.5. The van der Waals surface area contributed by atoms with Crippen LogP contribution in [-0.4, -0.2) is 36.5 Å². The van der Waals surface area contributed by atoms with E-state index >= 15 is 0 Å². The van der Waals surface area contributed by atoms with Gasteiger partial charge in [-0.25, -0.2) is 4.68 Å². The number of para-hydroxylation sites is 1. The van der Waals surface area contributed by atoms with Crippen molar-refractivity contribution in [1.29, 1.82) is 5.26 Å². The molecule has 3 aromatic carbocycles. The van der Waals surface area contributed by atoms with E-state index in [4.69, 9.17) is 26.2 Å². The molecule has 0 spiro atoms. The molecule has 1 amide bonds. The molecule has 1 heterocycles. The number of ether oxygens (including phenoxy) is 2. The molecular weight excluding hydrogens is 488 g/mol. The van der Waals surface area contributed by atoms with Crippen molar-refractivity contribution in [3.05, 3.63) is 101 Å². The van der Waals surface area contributed by atoms with Crippen LogP contribution in [0.4, 0.5) is 0 Å². The molecule has 186 valence electrons. The van der Waals surface area contributed by atoms with Gasteiger partial charge in [0.1, 0.15) is 11.6 Å². The van der Waals surface area contributed by atoms with E-state index < -0.39 is 5.91 Å². The smallest absolute Gasteiger partial charge is 0.261 e. The van der Waals surface area contributed by atoms with E-state index in [1.165, 1.54) is 0 Å². The fourth-order valence-corrected chi connectivity index (χ4v) is 3.92. The minimum absolute atomic E-state index is 0.0184. The summed E-state index contributed by atoms with van der Waals surface area (Å²) in [6.45, 7) is 0.348. The van der Waals surface area contributed by atoms with Gasteiger partial charge in [-0.2, -0.15) is 10.4 Å². The van der Waals surface area contributed by atoms with Crippen LogP contribution in [0.2, 0.25) is 5.02 Å². The number of methoxy groups -OCH3 is 2. The van der Waals surface area contributed by atoms with E-state index in [1.807, 2.05) is 66.7 Å². The first kappa shape index (κ1) is 25.5. The third-order valence-corrected chi connectivity index (χ3v) is 5.95. The third-order valence-electron chi connectivity index (χ3n) is 5.69. The van der Waals surface area contributed by atoms with Crippen LogP contribution in [0.15, 0.2) is 84.6 Å². The minimum atomic E-state index is -0.461. The molecule has 1 aromatic heterocycles. The summed E-state index contributed by atoms with van der Waals surface area (Å²) in [4.78, 5) is 12.9. The van der Waals surface area contributed by atoms with Crippen molar-refractivity contribution in [2.45, 2.75) is 6.42 Å². The maximum absolute atomic E-state index is 12.9. The Labute approximate surface area is 220 Å². The van der Waals surface area contributed by atoms with Crippen molar-refractivity contribution >= 4 is 23.6 Å². The number of rotatable bonds is 9. The highest BCUT2D eigenvalue weighted by molar-refractivity contribution is 6.30. The first-order valence-corrected chi connectivity index (χ1v) is 11.9. The van der Waals surface area contributed by atoms with Crippen molar-refractivity contribution < 1.29 is 14.3 Å². The summed E-state index contributed by atoms with van der Waals surface area (Å²) in [6, 6.07) is 24.5. The number of hydrogen-bond donors (Lipinski definition) is 1. The van der Waals surface area contributed by atoms with E-state index in [1.54, 1.807) is 43.3 Å². The Bertz CT molecular complexity index is 1460. The number of nitriles is 1. The molecule has 1 N–H and O–H groups in total. The molecule has 0 aliphatic carbocycles. The predicted molar refractivity (Wildman–Crippen MR) is 144 cm³/mol. The lowest BCUT2D eigenvalue weighted by Crippen LogP contribution is -2.26. The summed E-state index contributed by atoms with van der Waals surface area (Å²) < 4.78 is 12.3. The normalized spacial score (nSPS) is 11.0. The standard InChI is InChI=1S/C29H25ClN4O3/c1-36-26-13-8-20(16-27(26)37-2)14-15-32-29(35)22(18-31)17-23-19-34(25-6-4-3-5-7-25)33-28(23)21-9-11-24(30)12-10-21/h3-13,16-17,19H,14-15H2,1-2H3,(H,32,35)/b22-17+. The Morgan fingerprint density at radius 2 is 1.78 bits per heavy atom. The molecule has 0 aliphatic heterocycles. The minimum Gasteiger partial charge on any atom is -0.493 e. The Hall–Kier alpha value is -4.54. The topological polar surface area (TPSA) is 89.2 Å². The third kappa shape index (κ3) is 6.18. The zero-order chi connectivity index (χ0) is 26.2. The number of carbonyl (C=O) groups excluding carboxylic acids is 1. The Morgan fingerprint density at radius 3 is 2.46 bits per heavy atom. The van der Waals surface area contributed by atoms with Gasteiger partial charge in [0.25, 0.3) is 5.91 Å². The highest BCUT2D eigenvalue weighted by Crippen LogP contribution is 2.28. The molecule has 4 rings (SSSR count). The van der Waals surface area contributed by atoms with Gasteiger partial charge < -0.3 is 14.8 Å². The molecule has 0 fully saturated rings. The summed E-state index contributed by atoms with van der Waals surface area (Å²) in [6.07, 6.45) is 3.92. The second kappa shape index (κ2) is 11.9. The van der Waals surface area contributed by atoms with E-state index in [-0.39, 0.29) is 5.57 Å². The van der Waals surface area contributed by atoms with Gasteiger partial charge in [-0.1, -0.05) is 48.0 Å². The van der Waals surface area contributed by atoms with Crippen molar-refractivity contribution in [3.8, 4) is 34.5 Å². The van der Waals surface area contributed by atoms with E-state index in [2.05, 4.69) is 5.32 Å². The van der Waals surface area contributed by atoms with Gasteiger partial charge in [-0.15, -0.1) is 0 Å². The second-order valence-electron chi connectivity index (χ2n) is 8.09. The van der Waals surface area contributed by atoms with E-state index in [0.717, 1.165) is 16.8 Å². The molecular formula is C29H25ClN4O3. The molecule has 0 atom stereocenters. The van der Waals surface area contributed by atoms with Gasteiger partial charge in [-0.05, 0) is 54.5 Å². The number of nitrogens with one attached hydrogen (secondary N) is 1. The molecule has 0 aliphatic rings. The van der Waals surface area contributed by atoms with Crippen molar-refractivity contribution in [3.63, 3.8) is 0 Å². The largest absolute Gasteiger partial charge is 0.493 e. The van der Waals surface area contributed by atoms with Gasteiger partial charge in [-0.3, -0.25) is 4.79 Å². The summed E-state index contributed by atoms with van der Waals surface area (Å²) in [5, 5.41) is 17.9. The molecule has 4 aromatic rings. The van der Waals surface area contributed by atoms with Crippen LogP contribution < -0.4 is 14.8 Å². The Balaban J connectivity index is 1.56. The van der Waals surface area contributed by atoms with Gasteiger partial charge in [0.15, 0.2) is 11.5 Å². The Morgan fingerprint density at radius 1 is 1.05 bits per heavy atom.